The molecule has 2 N–H and O–H groups in total. The van der Waals surface area contributed by atoms with Crippen LogP contribution in [0.15, 0.2) is 53.4 Å². The van der Waals surface area contributed by atoms with Gasteiger partial charge in [-0.15, -0.1) is 0 Å². The van der Waals surface area contributed by atoms with E-state index in [2.05, 4.69) is 15.1 Å². The summed E-state index contributed by atoms with van der Waals surface area (Å²) in [5.41, 5.74) is 4.28. The van der Waals surface area contributed by atoms with Crippen LogP contribution in [-0.4, -0.2) is 18.2 Å². The highest BCUT2D eigenvalue weighted by atomic mass is 32.2. The zero-order chi connectivity index (χ0) is 18.9. The van der Waals surface area contributed by atoms with Crippen LogP contribution in [-0.2, 0) is 17.1 Å². The van der Waals surface area contributed by atoms with Gasteiger partial charge < -0.3 is 5.32 Å². The van der Waals surface area contributed by atoms with Gasteiger partial charge in [-0.1, -0.05) is 29.8 Å². The van der Waals surface area contributed by atoms with Gasteiger partial charge in [-0.3, -0.25) is 9.40 Å². The molecule has 3 rings (SSSR count). The molecule has 0 radical (unpaired) electrons. The van der Waals surface area contributed by atoms with Crippen molar-refractivity contribution in [1.82, 2.24) is 9.78 Å². The number of aromatic nitrogens is 2. The summed E-state index contributed by atoms with van der Waals surface area (Å²) in [6, 6.07) is 15.1. The van der Waals surface area contributed by atoms with Crippen LogP contribution in [0.25, 0.3) is 0 Å². The van der Waals surface area contributed by atoms with Crippen LogP contribution in [0.5, 0.6) is 0 Å². The van der Waals surface area contributed by atoms with Gasteiger partial charge in [-0.25, -0.2) is 8.42 Å². The van der Waals surface area contributed by atoms with Crippen molar-refractivity contribution < 1.29 is 8.42 Å². The van der Waals surface area contributed by atoms with E-state index in [-0.39, 0.29) is 4.90 Å². The highest BCUT2D eigenvalue weighted by molar-refractivity contribution is 7.92. The second-order valence-electron chi connectivity index (χ2n) is 6.27. The van der Waals surface area contributed by atoms with Gasteiger partial charge in [0.2, 0.25) is 0 Å². The lowest BCUT2D eigenvalue weighted by Crippen LogP contribution is -2.15. The topological polar surface area (TPSA) is 76.0 Å². The summed E-state index contributed by atoms with van der Waals surface area (Å²) in [6.45, 7) is 5.45. The molecule has 1 heterocycles. The fourth-order valence-corrected chi connectivity index (χ4v) is 4.33. The second-order valence-corrected chi connectivity index (χ2v) is 7.88. The van der Waals surface area contributed by atoms with E-state index in [0.717, 1.165) is 11.3 Å². The Kier molecular flexibility index (Phi) is 4.73. The van der Waals surface area contributed by atoms with E-state index in [1.165, 1.54) is 0 Å². The van der Waals surface area contributed by atoms with Crippen LogP contribution in [0.4, 0.5) is 17.1 Å². The normalized spacial score (nSPS) is 11.4. The predicted octanol–water partition coefficient (Wildman–Crippen LogP) is 3.89. The zero-order valence-corrected chi connectivity index (χ0v) is 16.1. The predicted molar refractivity (Wildman–Crippen MR) is 104 cm³/mol. The Bertz CT molecular complexity index is 1040. The third kappa shape index (κ3) is 3.57. The highest BCUT2D eigenvalue weighted by Crippen LogP contribution is 2.29. The third-order valence-electron chi connectivity index (χ3n) is 4.21. The first-order chi connectivity index (χ1) is 12.3. The zero-order valence-electron chi connectivity index (χ0n) is 15.2. The van der Waals surface area contributed by atoms with Crippen molar-refractivity contribution >= 4 is 27.1 Å². The smallest absolute Gasteiger partial charge is 0.265 e. The molecule has 0 saturated heterocycles. The minimum absolute atomic E-state index is 0.213. The third-order valence-corrected chi connectivity index (χ3v) is 5.83. The Hall–Kier alpha value is -2.80. The molecule has 0 spiro atoms. The number of hydrogen-bond donors (Lipinski definition) is 2. The molecule has 0 aliphatic heterocycles. The van der Waals surface area contributed by atoms with Crippen LogP contribution in [0, 0.1) is 20.8 Å². The van der Waals surface area contributed by atoms with Crippen LogP contribution in [0.1, 0.15) is 17.0 Å². The van der Waals surface area contributed by atoms with E-state index in [1.54, 1.807) is 37.7 Å². The molecule has 2 aromatic carbocycles. The van der Waals surface area contributed by atoms with Crippen molar-refractivity contribution in [3.63, 3.8) is 0 Å². The summed E-state index contributed by atoms with van der Waals surface area (Å²) in [5.74, 6) is 0. The Morgan fingerprint density at radius 3 is 2.12 bits per heavy atom. The summed E-state index contributed by atoms with van der Waals surface area (Å²) < 4.78 is 30.1. The first-order valence-electron chi connectivity index (χ1n) is 8.23. The lowest BCUT2D eigenvalue weighted by molar-refractivity contribution is 0.599. The quantitative estimate of drug-likeness (QED) is 0.714. The van der Waals surface area contributed by atoms with Gasteiger partial charge in [0.05, 0.1) is 22.8 Å². The maximum Gasteiger partial charge on any atom is 0.265 e. The fraction of sp³-hybridized carbons (Fsp3) is 0.211. The SMILES string of the molecule is Cc1ccc(Nc2ccccc2NS(=O)(=O)c2c(C)nn(C)c2C)cc1. The van der Waals surface area contributed by atoms with Crippen molar-refractivity contribution in [1.29, 1.82) is 0 Å². The highest BCUT2D eigenvalue weighted by Gasteiger charge is 2.24. The fourth-order valence-electron chi connectivity index (χ4n) is 2.81. The summed E-state index contributed by atoms with van der Waals surface area (Å²) in [5, 5.41) is 7.46. The Labute approximate surface area is 153 Å². The molecule has 136 valence electrons. The van der Waals surface area contributed by atoms with Gasteiger partial charge in [0.15, 0.2) is 0 Å². The number of aryl methyl sites for hydroxylation is 3. The van der Waals surface area contributed by atoms with Gasteiger partial charge in [0.1, 0.15) is 4.90 Å². The van der Waals surface area contributed by atoms with Crippen molar-refractivity contribution in [2.75, 3.05) is 10.0 Å². The van der Waals surface area contributed by atoms with Gasteiger partial charge >= 0.3 is 0 Å². The molecular formula is C19H22N4O2S. The molecule has 1 aromatic heterocycles. The van der Waals surface area contributed by atoms with E-state index >= 15 is 0 Å². The van der Waals surface area contributed by atoms with E-state index < -0.39 is 10.0 Å². The van der Waals surface area contributed by atoms with Crippen molar-refractivity contribution in [3.05, 3.63) is 65.5 Å². The molecule has 0 saturated carbocycles. The van der Waals surface area contributed by atoms with Gasteiger partial charge in [0.25, 0.3) is 10.0 Å². The van der Waals surface area contributed by atoms with Crippen molar-refractivity contribution in [2.45, 2.75) is 25.7 Å². The molecule has 0 atom stereocenters. The summed E-state index contributed by atoms with van der Waals surface area (Å²) in [7, 11) is -2.02. The number of benzene rings is 2. The van der Waals surface area contributed by atoms with Gasteiger partial charge in [-0.2, -0.15) is 5.10 Å². The number of para-hydroxylation sites is 2. The van der Waals surface area contributed by atoms with Crippen LogP contribution in [0.3, 0.4) is 0 Å². The first-order valence-corrected chi connectivity index (χ1v) is 9.72. The maximum absolute atomic E-state index is 12.9. The average Bonchev–Trinajstić information content (AvgIpc) is 2.84. The molecule has 26 heavy (non-hydrogen) atoms. The monoisotopic (exact) mass is 370 g/mol. The number of anilines is 3. The molecule has 0 aliphatic rings. The summed E-state index contributed by atoms with van der Waals surface area (Å²) in [6.07, 6.45) is 0. The number of hydrogen-bond acceptors (Lipinski definition) is 4. The first kappa shape index (κ1) is 18.0. The second kappa shape index (κ2) is 6.84. The van der Waals surface area contributed by atoms with Crippen LogP contribution < -0.4 is 10.0 Å². The van der Waals surface area contributed by atoms with Crippen molar-refractivity contribution in [3.8, 4) is 0 Å². The lowest BCUT2D eigenvalue weighted by Gasteiger charge is -2.14. The molecule has 7 heteroatoms. The van der Waals surface area contributed by atoms with Gasteiger partial charge in [0, 0.05) is 12.7 Å². The van der Waals surface area contributed by atoms with Gasteiger partial charge in [-0.05, 0) is 45.0 Å². The van der Waals surface area contributed by atoms with Crippen molar-refractivity contribution in [2.24, 2.45) is 7.05 Å². The number of sulfonamides is 1. The minimum atomic E-state index is -3.75. The minimum Gasteiger partial charge on any atom is -0.354 e. The van der Waals surface area contributed by atoms with E-state index in [1.807, 2.05) is 43.3 Å². The Morgan fingerprint density at radius 1 is 0.923 bits per heavy atom. The molecule has 0 unspecified atom stereocenters. The van der Waals surface area contributed by atoms with E-state index in [4.69, 9.17) is 0 Å². The number of rotatable bonds is 5. The molecule has 0 bridgehead atoms. The molecule has 0 aliphatic carbocycles. The molecule has 3 aromatic rings. The number of nitrogens with zero attached hydrogens (tertiary/aromatic N) is 2. The molecular weight excluding hydrogens is 348 g/mol. The summed E-state index contributed by atoms with van der Waals surface area (Å²) >= 11 is 0. The molecule has 6 nitrogen and oxygen atoms in total. The number of nitrogens with one attached hydrogen (secondary N) is 2. The Morgan fingerprint density at radius 2 is 1.54 bits per heavy atom. The average molecular weight is 370 g/mol. The van der Waals surface area contributed by atoms with E-state index in [9.17, 15) is 8.42 Å². The standard InChI is InChI=1S/C19H22N4O2S/c1-13-9-11-16(12-10-13)20-17-7-5-6-8-18(17)22-26(24,25)19-14(2)21-23(4)15(19)3/h5-12,20,22H,1-4H3. The van der Waals surface area contributed by atoms with E-state index in [0.29, 0.717) is 22.8 Å². The maximum atomic E-state index is 12.9. The van der Waals surface area contributed by atoms with Crippen LogP contribution in [0.2, 0.25) is 0 Å². The molecule has 0 amide bonds. The van der Waals surface area contributed by atoms with Crippen LogP contribution >= 0.6 is 0 Å². The largest absolute Gasteiger partial charge is 0.354 e. The summed E-state index contributed by atoms with van der Waals surface area (Å²) in [4.78, 5) is 0.213. The Balaban J connectivity index is 1.94. The molecule has 0 fully saturated rings. The lowest BCUT2D eigenvalue weighted by atomic mass is 10.2.